The third-order valence-corrected chi connectivity index (χ3v) is 7.21. The van der Waals surface area contributed by atoms with E-state index in [0.29, 0.717) is 34.8 Å². The second-order valence-electron chi connectivity index (χ2n) is 8.27. The van der Waals surface area contributed by atoms with E-state index in [1.54, 1.807) is 22.9 Å². The van der Waals surface area contributed by atoms with Crippen LogP contribution >= 0.6 is 27.5 Å². The van der Waals surface area contributed by atoms with Gasteiger partial charge in [0.25, 0.3) is 0 Å². The monoisotopic (exact) mass is 521 g/mol. The van der Waals surface area contributed by atoms with Crippen LogP contribution in [0.4, 0.5) is 0 Å². The maximum Gasteiger partial charge on any atom is 0.446 e. The Balaban J connectivity index is 1.79. The van der Waals surface area contributed by atoms with Gasteiger partial charge in [-0.2, -0.15) is 4.98 Å². The lowest BCUT2D eigenvalue weighted by atomic mass is 10.2. The fraction of sp³-hybridized carbons (Fsp3) is 0.300. The van der Waals surface area contributed by atoms with Crippen molar-refractivity contribution in [3.05, 3.63) is 56.8 Å². The van der Waals surface area contributed by atoms with Gasteiger partial charge in [-0.15, -0.1) is 0 Å². The van der Waals surface area contributed by atoms with Crippen LogP contribution in [0, 0.1) is 0 Å². The van der Waals surface area contributed by atoms with Gasteiger partial charge >= 0.3 is 5.76 Å². The molecule has 0 amide bonds. The van der Waals surface area contributed by atoms with Crippen LogP contribution < -0.4 is 5.76 Å². The molecule has 4 rings (SSSR count). The average molecular weight is 523 g/mol. The zero-order valence-electron chi connectivity index (χ0n) is 17.3. The molecule has 0 atom stereocenters. The summed E-state index contributed by atoms with van der Waals surface area (Å²) in [6, 6.07) is 10.1. The van der Waals surface area contributed by atoms with Crippen molar-refractivity contribution in [2.75, 3.05) is 6.61 Å². The fourth-order valence-corrected chi connectivity index (χ4v) is 4.48. The Morgan fingerprint density at radius 2 is 2.06 bits per heavy atom. The first-order chi connectivity index (χ1) is 14.7. The summed E-state index contributed by atoms with van der Waals surface area (Å²) in [4.78, 5) is 21.2. The Morgan fingerprint density at radius 1 is 1.26 bits per heavy atom. The quantitative estimate of drug-likeness (QED) is 0.252. The van der Waals surface area contributed by atoms with Gasteiger partial charge in [0.15, 0.2) is 11.5 Å². The van der Waals surface area contributed by atoms with E-state index >= 15 is 0 Å². The smallest absolute Gasteiger partial charge is 0.361 e. The minimum atomic E-state index is -1.22. The number of aromatic nitrogens is 5. The third-order valence-electron chi connectivity index (χ3n) is 4.72. The molecule has 162 valence electrons. The van der Waals surface area contributed by atoms with Crippen molar-refractivity contribution in [2.45, 2.75) is 32.4 Å². The van der Waals surface area contributed by atoms with Crippen molar-refractivity contribution in [2.24, 2.45) is 0 Å². The minimum Gasteiger partial charge on any atom is -0.361 e. The van der Waals surface area contributed by atoms with Gasteiger partial charge in [-0.1, -0.05) is 46.8 Å². The van der Waals surface area contributed by atoms with Gasteiger partial charge in [0.1, 0.15) is 12.2 Å². The van der Waals surface area contributed by atoms with Crippen LogP contribution in [0.15, 0.2) is 50.3 Å². The second kappa shape index (κ2) is 8.70. The topological polar surface area (TPSA) is 88.0 Å². The Labute approximate surface area is 192 Å². The molecule has 0 N–H and O–H groups in total. The molecule has 0 fully saturated rings. The molecule has 0 aliphatic rings. The van der Waals surface area contributed by atoms with Gasteiger partial charge in [-0.25, -0.2) is 14.3 Å². The first kappa shape index (κ1) is 21.9. The SMILES string of the molecule is C[Si](C)(C)CCOCn1c(Cl)nc2nccc(-c3noc(=O)n3-c3cccc(Br)c3)c21. The normalized spacial score (nSPS) is 12.0. The highest BCUT2D eigenvalue weighted by molar-refractivity contribution is 9.10. The zero-order chi connectivity index (χ0) is 22.2. The molecule has 0 unspecified atom stereocenters. The van der Waals surface area contributed by atoms with E-state index < -0.39 is 13.8 Å². The third kappa shape index (κ3) is 4.66. The summed E-state index contributed by atoms with van der Waals surface area (Å²) in [7, 11) is -1.22. The first-order valence-electron chi connectivity index (χ1n) is 9.68. The first-order valence-corrected chi connectivity index (χ1v) is 14.6. The van der Waals surface area contributed by atoms with Gasteiger partial charge in [0, 0.05) is 25.4 Å². The summed E-state index contributed by atoms with van der Waals surface area (Å²) >= 11 is 9.84. The van der Waals surface area contributed by atoms with E-state index in [-0.39, 0.29) is 12.0 Å². The predicted molar refractivity (Wildman–Crippen MR) is 125 cm³/mol. The van der Waals surface area contributed by atoms with E-state index in [1.165, 1.54) is 4.57 Å². The molecule has 0 bridgehead atoms. The number of rotatable bonds is 7. The molecule has 31 heavy (non-hydrogen) atoms. The molecule has 0 radical (unpaired) electrons. The number of hydrogen-bond acceptors (Lipinski definition) is 6. The summed E-state index contributed by atoms with van der Waals surface area (Å²) in [5, 5.41) is 4.29. The maximum atomic E-state index is 12.5. The van der Waals surface area contributed by atoms with Crippen LogP contribution in [0.1, 0.15) is 0 Å². The molecule has 0 saturated heterocycles. The Bertz CT molecular complexity index is 1290. The van der Waals surface area contributed by atoms with E-state index in [9.17, 15) is 4.79 Å². The van der Waals surface area contributed by atoms with Gasteiger partial charge in [0.2, 0.25) is 5.28 Å². The van der Waals surface area contributed by atoms with Crippen molar-refractivity contribution in [3.63, 3.8) is 0 Å². The van der Waals surface area contributed by atoms with Gasteiger partial charge in [0.05, 0.1) is 11.3 Å². The van der Waals surface area contributed by atoms with Gasteiger partial charge in [-0.3, -0.25) is 9.09 Å². The van der Waals surface area contributed by atoms with Gasteiger partial charge < -0.3 is 4.74 Å². The molecular weight excluding hydrogens is 502 g/mol. The standard InChI is InChI=1S/C20H21BrClN5O3Si/c1-31(2,3)10-9-29-12-26-16-15(7-8-23-17(16)24-19(26)22)18-25-30-20(28)27(18)14-6-4-5-13(21)11-14/h4-8,11H,9-10,12H2,1-3H3. The number of pyridine rings is 1. The Kier molecular flexibility index (Phi) is 6.15. The molecule has 8 nitrogen and oxygen atoms in total. The summed E-state index contributed by atoms with van der Waals surface area (Å²) < 4.78 is 14.9. The molecule has 0 aliphatic heterocycles. The van der Waals surface area contributed by atoms with Crippen LogP contribution in [0.3, 0.4) is 0 Å². The molecule has 11 heteroatoms. The lowest BCUT2D eigenvalue weighted by Crippen LogP contribution is -2.22. The predicted octanol–water partition coefficient (Wildman–Crippen LogP) is 4.97. The van der Waals surface area contributed by atoms with Crippen LogP contribution in [0.5, 0.6) is 0 Å². The number of halogens is 2. The van der Waals surface area contributed by atoms with Crippen molar-refractivity contribution in [1.82, 2.24) is 24.3 Å². The van der Waals surface area contributed by atoms with Crippen LogP contribution in [-0.4, -0.2) is 38.9 Å². The molecule has 1 aromatic carbocycles. The molecule has 0 aliphatic carbocycles. The van der Waals surface area contributed by atoms with Crippen LogP contribution in [0.2, 0.25) is 31.0 Å². The number of fused-ring (bicyclic) bond motifs is 1. The summed E-state index contributed by atoms with van der Waals surface area (Å²) in [5.41, 5.74) is 2.29. The largest absolute Gasteiger partial charge is 0.446 e. The summed E-state index contributed by atoms with van der Waals surface area (Å²) in [6.07, 6.45) is 1.60. The minimum absolute atomic E-state index is 0.220. The summed E-state index contributed by atoms with van der Waals surface area (Å²) in [5.74, 6) is -0.267. The van der Waals surface area contributed by atoms with Crippen LogP contribution in [-0.2, 0) is 11.5 Å². The number of ether oxygens (including phenoxy) is 1. The lowest BCUT2D eigenvalue weighted by molar-refractivity contribution is 0.0901. The number of benzene rings is 1. The second-order valence-corrected chi connectivity index (χ2v) is 15.2. The number of nitrogens with zero attached hydrogens (tertiary/aromatic N) is 5. The van der Waals surface area contributed by atoms with Crippen molar-refractivity contribution in [1.29, 1.82) is 0 Å². The Morgan fingerprint density at radius 3 is 2.81 bits per heavy atom. The Hall–Kier alpha value is -2.27. The lowest BCUT2D eigenvalue weighted by Gasteiger charge is -2.16. The molecule has 0 spiro atoms. The highest BCUT2D eigenvalue weighted by Gasteiger charge is 2.22. The van der Waals surface area contributed by atoms with E-state index in [2.05, 4.69) is 50.7 Å². The average Bonchev–Trinajstić information content (AvgIpc) is 3.23. The molecule has 3 aromatic heterocycles. The highest BCUT2D eigenvalue weighted by Crippen LogP contribution is 2.30. The van der Waals surface area contributed by atoms with Gasteiger partial charge in [-0.05, 0) is 41.9 Å². The molecule has 3 heterocycles. The van der Waals surface area contributed by atoms with E-state index in [4.69, 9.17) is 20.9 Å². The van der Waals surface area contributed by atoms with E-state index in [1.807, 2.05) is 18.2 Å². The van der Waals surface area contributed by atoms with Crippen molar-refractivity contribution in [3.8, 4) is 17.1 Å². The van der Waals surface area contributed by atoms with Crippen molar-refractivity contribution < 1.29 is 9.26 Å². The number of imidazole rings is 1. The van der Waals surface area contributed by atoms with Crippen molar-refractivity contribution >= 4 is 46.8 Å². The number of hydrogen-bond donors (Lipinski definition) is 0. The molecule has 4 aromatic rings. The molecular formula is C20H21BrClN5O3Si. The molecule has 0 saturated carbocycles. The van der Waals surface area contributed by atoms with E-state index in [0.717, 1.165) is 10.5 Å². The highest BCUT2D eigenvalue weighted by atomic mass is 79.9. The fourth-order valence-electron chi connectivity index (χ4n) is 3.13. The van der Waals surface area contributed by atoms with Crippen LogP contribution in [0.25, 0.3) is 28.2 Å². The summed E-state index contributed by atoms with van der Waals surface area (Å²) in [6.45, 7) is 7.74. The maximum absolute atomic E-state index is 12.5. The zero-order valence-corrected chi connectivity index (χ0v) is 20.6.